The predicted octanol–water partition coefficient (Wildman–Crippen LogP) is 4.27. The van der Waals surface area contributed by atoms with Gasteiger partial charge in [-0.1, -0.05) is 27.7 Å². The minimum absolute atomic E-state index is 0.110. The lowest BCUT2D eigenvalue weighted by molar-refractivity contribution is 0.0724. The highest BCUT2D eigenvalue weighted by Crippen LogP contribution is 2.35. The van der Waals surface area contributed by atoms with Gasteiger partial charge in [-0.25, -0.2) is 0 Å². The van der Waals surface area contributed by atoms with Crippen molar-refractivity contribution in [1.29, 1.82) is 0 Å². The summed E-state index contributed by atoms with van der Waals surface area (Å²) in [6.07, 6.45) is 3.41. The van der Waals surface area contributed by atoms with Gasteiger partial charge in [-0.2, -0.15) is 0 Å². The van der Waals surface area contributed by atoms with E-state index in [-0.39, 0.29) is 17.7 Å². The maximum atomic E-state index is 12.7. The normalized spacial score (nSPS) is 15.8. The van der Waals surface area contributed by atoms with E-state index in [1.165, 1.54) is 6.42 Å². The van der Waals surface area contributed by atoms with Crippen molar-refractivity contribution >= 4 is 5.91 Å². The summed E-state index contributed by atoms with van der Waals surface area (Å²) in [5.41, 5.74) is 2.48. The number of piperidine rings is 1. The Morgan fingerprint density at radius 1 is 1.00 bits per heavy atom. The zero-order chi connectivity index (χ0) is 15.6. The number of amides is 1. The van der Waals surface area contributed by atoms with Crippen molar-refractivity contribution in [3.05, 3.63) is 28.8 Å². The monoisotopic (exact) mass is 289 g/mol. The summed E-state index contributed by atoms with van der Waals surface area (Å²) in [4.78, 5) is 14.7. The number of hydrogen-bond acceptors (Lipinski definition) is 2. The van der Waals surface area contributed by atoms with E-state index in [0.717, 1.165) is 42.6 Å². The van der Waals surface area contributed by atoms with Gasteiger partial charge >= 0.3 is 0 Å². The molecule has 0 atom stereocenters. The minimum Gasteiger partial charge on any atom is -0.507 e. The molecule has 0 bridgehead atoms. The van der Waals surface area contributed by atoms with Crippen molar-refractivity contribution in [2.75, 3.05) is 13.1 Å². The third-order valence-electron chi connectivity index (χ3n) is 4.30. The number of phenols is 1. The van der Waals surface area contributed by atoms with Gasteiger partial charge in [-0.05, 0) is 54.4 Å². The predicted molar refractivity (Wildman–Crippen MR) is 86.0 cm³/mol. The Morgan fingerprint density at radius 3 is 1.90 bits per heavy atom. The van der Waals surface area contributed by atoms with E-state index in [9.17, 15) is 9.90 Å². The van der Waals surface area contributed by atoms with Crippen LogP contribution in [0.25, 0.3) is 0 Å². The molecule has 1 aliphatic rings. The Bertz CT molecular complexity index is 485. The van der Waals surface area contributed by atoms with Crippen LogP contribution in [0.1, 0.15) is 80.3 Å². The summed E-state index contributed by atoms with van der Waals surface area (Å²) in [6.45, 7) is 9.91. The fraction of sp³-hybridized carbons (Fsp3) is 0.611. The smallest absolute Gasteiger partial charge is 0.253 e. The molecular formula is C18H27NO2. The second-order valence-corrected chi connectivity index (χ2v) is 6.67. The SMILES string of the molecule is CC(C)c1cc(C(=O)N2CCCCC2)cc(C(C)C)c1O. The lowest BCUT2D eigenvalue weighted by Crippen LogP contribution is -2.35. The molecule has 0 spiro atoms. The molecule has 1 N–H and O–H groups in total. The largest absolute Gasteiger partial charge is 0.507 e. The zero-order valence-electron chi connectivity index (χ0n) is 13.6. The standard InChI is InChI=1S/C18H27NO2/c1-12(2)15-10-14(11-16(13(3)4)17(15)20)18(21)19-8-6-5-7-9-19/h10-13,20H,5-9H2,1-4H3. The van der Waals surface area contributed by atoms with E-state index >= 15 is 0 Å². The van der Waals surface area contributed by atoms with Gasteiger partial charge in [-0.3, -0.25) is 4.79 Å². The first-order chi connectivity index (χ1) is 9.91. The molecule has 1 aliphatic heterocycles. The van der Waals surface area contributed by atoms with Crippen LogP contribution >= 0.6 is 0 Å². The molecule has 3 heteroatoms. The number of nitrogens with zero attached hydrogens (tertiary/aromatic N) is 1. The Balaban J connectivity index is 2.40. The molecular weight excluding hydrogens is 262 g/mol. The Labute approximate surface area is 128 Å². The number of carbonyl (C=O) groups excluding carboxylic acids is 1. The summed E-state index contributed by atoms with van der Waals surface area (Å²) in [5.74, 6) is 0.877. The highest BCUT2D eigenvalue weighted by Gasteiger charge is 2.22. The van der Waals surface area contributed by atoms with Crippen LogP contribution in [0.5, 0.6) is 5.75 Å². The number of hydrogen-bond donors (Lipinski definition) is 1. The van der Waals surface area contributed by atoms with Gasteiger partial charge in [0, 0.05) is 18.7 Å². The van der Waals surface area contributed by atoms with E-state index in [2.05, 4.69) is 0 Å². The van der Waals surface area contributed by atoms with Crippen LogP contribution in [-0.2, 0) is 0 Å². The van der Waals surface area contributed by atoms with E-state index in [0.29, 0.717) is 5.75 Å². The van der Waals surface area contributed by atoms with Crippen LogP contribution < -0.4 is 0 Å². The van der Waals surface area contributed by atoms with Gasteiger partial charge in [0.25, 0.3) is 5.91 Å². The van der Waals surface area contributed by atoms with Crippen molar-refractivity contribution in [2.45, 2.75) is 58.8 Å². The zero-order valence-corrected chi connectivity index (χ0v) is 13.6. The lowest BCUT2D eigenvalue weighted by atomic mass is 9.91. The van der Waals surface area contributed by atoms with Gasteiger partial charge in [0.05, 0.1) is 0 Å². The molecule has 3 nitrogen and oxygen atoms in total. The Morgan fingerprint density at radius 2 is 1.48 bits per heavy atom. The molecule has 0 saturated carbocycles. The first kappa shape index (κ1) is 15.9. The fourth-order valence-corrected chi connectivity index (χ4v) is 2.96. The quantitative estimate of drug-likeness (QED) is 0.903. The highest BCUT2D eigenvalue weighted by molar-refractivity contribution is 5.95. The van der Waals surface area contributed by atoms with Gasteiger partial charge in [0.2, 0.25) is 0 Å². The van der Waals surface area contributed by atoms with Gasteiger partial charge in [-0.15, -0.1) is 0 Å². The molecule has 1 aromatic rings. The first-order valence-corrected chi connectivity index (χ1v) is 8.08. The summed E-state index contributed by atoms with van der Waals surface area (Å²) >= 11 is 0. The molecule has 0 aliphatic carbocycles. The number of aromatic hydroxyl groups is 1. The molecule has 0 unspecified atom stereocenters. The minimum atomic E-state index is 0.110. The molecule has 1 saturated heterocycles. The van der Waals surface area contributed by atoms with Crippen LogP contribution in [0, 0.1) is 0 Å². The van der Waals surface area contributed by atoms with E-state index in [1.54, 1.807) is 0 Å². The third-order valence-corrected chi connectivity index (χ3v) is 4.30. The van der Waals surface area contributed by atoms with E-state index in [1.807, 2.05) is 44.7 Å². The number of benzene rings is 1. The van der Waals surface area contributed by atoms with Crippen molar-refractivity contribution < 1.29 is 9.90 Å². The van der Waals surface area contributed by atoms with Crippen molar-refractivity contribution in [3.8, 4) is 5.75 Å². The number of carbonyl (C=O) groups is 1. The van der Waals surface area contributed by atoms with Gasteiger partial charge < -0.3 is 10.0 Å². The molecule has 116 valence electrons. The second-order valence-electron chi connectivity index (χ2n) is 6.67. The summed E-state index contributed by atoms with van der Waals surface area (Å²) in [6, 6.07) is 3.76. The lowest BCUT2D eigenvalue weighted by Gasteiger charge is -2.27. The number of likely N-dealkylation sites (tertiary alicyclic amines) is 1. The average molecular weight is 289 g/mol. The van der Waals surface area contributed by atoms with Crippen LogP contribution in [0.4, 0.5) is 0 Å². The van der Waals surface area contributed by atoms with Crippen LogP contribution in [-0.4, -0.2) is 29.0 Å². The molecule has 1 aromatic carbocycles. The molecule has 2 rings (SSSR count). The second kappa shape index (κ2) is 6.50. The van der Waals surface area contributed by atoms with Gasteiger partial charge in [0.1, 0.15) is 5.75 Å². The van der Waals surface area contributed by atoms with Crippen LogP contribution in [0.15, 0.2) is 12.1 Å². The molecule has 21 heavy (non-hydrogen) atoms. The topological polar surface area (TPSA) is 40.5 Å². The van der Waals surface area contributed by atoms with Crippen LogP contribution in [0.2, 0.25) is 0 Å². The molecule has 0 aromatic heterocycles. The molecule has 1 amide bonds. The Kier molecular flexibility index (Phi) is 4.92. The van der Waals surface area contributed by atoms with E-state index < -0.39 is 0 Å². The van der Waals surface area contributed by atoms with Crippen molar-refractivity contribution in [3.63, 3.8) is 0 Å². The van der Waals surface area contributed by atoms with E-state index in [4.69, 9.17) is 0 Å². The molecule has 0 radical (unpaired) electrons. The summed E-state index contributed by atoms with van der Waals surface area (Å²) < 4.78 is 0. The fourth-order valence-electron chi connectivity index (χ4n) is 2.96. The van der Waals surface area contributed by atoms with Crippen molar-refractivity contribution in [1.82, 2.24) is 4.90 Å². The van der Waals surface area contributed by atoms with Crippen LogP contribution in [0.3, 0.4) is 0 Å². The molecule has 1 heterocycles. The third kappa shape index (κ3) is 3.39. The maximum absolute atomic E-state index is 12.7. The number of phenolic OH excluding ortho intramolecular Hbond substituents is 1. The highest BCUT2D eigenvalue weighted by atomic mass is 16.3. The summed E-state index contributed by atoms with van der Waals surface area (Å²) in [7, 11) is 0. The summed E-state index contributed by atoms with van der Waals surface area (Å²) in [5, 5.41) is 10.4. The van der Waals surface area contributed by atoms with Crippen molar-refractivity contribution in [2.24, 2.45) is 0 Å². The number of rotatable bonds is 3. The Hall–Kier alpha value is -1.51. The molecule has 1 fully saturated rings. The maximum Gasteiger partial charge on any atom is 0.253 e. The first-order valence-electron chi connectivity index (χ1n) is 8.08. The average Bonchev–Trinajstić information content (AvgIpc) is 2.47. The van der Waals surface area contributed by atoms with Gasteiger partial charge in [0.15, 0.2) is 0 Å².